The molecule has 0 amide bonds. The lowest BCUT2D eigenvalue weighted by Crippen LogP contribution is -2.36. The van der Waals surface area contributed by atoms with Crippen molar-refractivity contribution in [1.29, 1.82) is 0 Å². The van der Waals surface area contributed by atoms with Crippen molar-refractivity contribution in [2.45, 2.75) is 57.5 Å². The van der Waals surface area contributed by atoms with Gasteiger partial charge in [-0.2, -0.15) is 0 Å². The molecule has 0 spiro atoms. The van der Waals surface area contributed by atoms with Gasteiger partial charge in [0.15, 0.2) is 22.2 Å². The van der Waals surface area contributed by atoms with Crippen LogP contribution in [0.1, 0.15) is 65.8 Å². The number of hydrogen-bond donors (Lipinski definition) is 0. The van der Waals surface area contributed by atoms with E-state index in [1.165, 1.54) is 0 Å². The van der Waals surface area contributed by atoms with E-state index >= 15 is 0 Å². The minimum absolute atomic E-state index is 0.211. The van der Waals surface area contributed by atoms with Crippen LogP contribution in [0.2, 0.25) is 0 Å². The van der Waals surface area contributed by atoms with Gasteiger partial charge in [0.1, 0.15) is 11.7 Å². The van der Waals surface area contributed by atoms with E-state index in [4.69, 9.17) is 4.74 Å². The number of carbonyl (C=O) groups excluding carboxylic acids is 3. The van der Waals surface area contributed by atoms with E-state index < -0.39 is 22.9 Å². The highest BCUT2D eigenvalue weighted by molar-refractivity contribution is 7.91. The van der Waals surface area contributed by atoms with Crippen LogP contribution in [0.25, 0.3) is 0 Å². The van der Waals surface area contributed by atoms with Crippen LogP contribution < -0.4 is 0 Å². The maximum Gasteiger partial charge on any atom is 0.181 e. The third-order valence-corrected chi connectivity index (χ3v) is 6.88. The lowest BCUT2D eigenvalue weighted by atomic mass is 9.79. The lowest BCUT2D eigenvalue weighted by molar-refractivity contribution is -0.133. The van der Waals surface area contributed by atoms with E-state index in [0.717, 1.165) is 16.0 Å². The van der Waals surface area contributed by atoms with Crippen molar-refractivity contribution in [2.75, 3.05) is 12.4 Å². The highest BCUT2D eigenvalue weighted by atomic mass is 32.2. The number of rotatable bonds is 4. The average molecular weight is 376 g/mol. The zero-order valence-corrected chi connectivity index (χ0v) is 16.2. The van der Waals surface area contributed by atoms with Gasteiger partial charge in [-0.1, -0.05) is 0 Å². The molecule has 1 aliphatic heterocycles. The standard InChI is InChI=1S/C20H24O5S/c1-4-25-16-8-9-26(24)20-11(2)10-13(12(3)17(16)20)19(23)18-14(21)6-5-7-15(18)22/h10,16,18H,4-9H2,1-3H3. The van der Waals surface area contributed by atoms with Gasteiger partial charge in [0.05, 0.1) is 6.10 Å². The number of ether oxygens (including phenoxy) is 1. The Morgan fingerprint density at radius 2 is 1.92 bits per heavy atom. The molecule has 0 bridgehead atoms. The summed E-state index contributed by atoms with van der Waals surface area (Å²) in [4.78, 5) is 38.2. The molecular weight excluding hydrogens is 352 g/mol. The van der Waals surface area contributed by atoms with Gasteiger partial charge in [0.25, 0.3) is 0 Å². The summed E-state index contributed by atoms with van der Waals surface area (Å²) >= 11 is -1.13. The number of carbonyl (C=O) groups is 3. The van der Waals surface area contributed by atoms with Crippen molar-refractivity contribution in [3.05, 3.63) is 28.3 Å². The molecule has 2 atom stereocenters. The molecule has 6 heteroatoms. The van der Waals surface area contributed by atoms with E-state index in [9.17, 15) is 18.9 Å². The molecule has 2 unspecified atom stereocenters. The fourth-order valence-corrected chi connectivity index (χ4v) is 5.63. The van der Waals surface area contributed by atoms with Crippen LogP contribution in [-0.4, -0.2) is 34.3 Å². The zero-order valence-electron chi connectivity index (χ0n) is 15.4. The molecule has 140 valence electrons. The smallest absolute Gasteiger partial charge is 0.181 e. The van der Waals surface area contributed by atoms with Gasteiger partial charge < -0.3 is 9.29 Å². The quantitative estimate of drug-likeness (QED) is 0.458. The average Bonchev–Trinajstić information content (AvgIpc) is 2.59. The second-order valence-electron chi connectivity index (χ2n) is 6.97. The Bertz CT molecular complexity index is 754. The molecule has 26 heavy (non-hydrogen) atoms. The fourth-order valence-electron chi connectivity index (χ4n) is 4.05. The van der Waals surface area contributed by atoms with Crippen LogP contribution in [-0.2, 0) is 25.5 Å². The van der Waals surface area contributed by atoms with Gasteiger partial charge in [-0.25, -0.2) is 0 Å². The fraction of sp³-hybridized carbons (Fsp3) is 0.550. The number of benzene rings is 1. The first-order valence-electron chi connectivity index (χ1n) is 9.10. The predicted octanol–water partition coefficient (Wildman–Crippen LogP) is 3.01. The van der Waals surface area contributed by atoms with E-state index in [1.807, 2.05) is 13.8 Å². The van der Waals surface area contributed by atoms with Crippen molar-refractivity contribution in [1.82, 2.24) is 0 Å². The molecule has 3 rings (SSSR count). The van der Waals surface area contributed by atoms with Crippen LogP contribution in [0.4, 0.5) is 0 Å². The molecule has 1 saturated carbocycles. The Hall–Kier alpha value is -1.50. The molecule has 5 nitrogen and oxygen atoms in total. The first-order valence-corrected chi connectivity index (χ1v) is 10.4. The normalized spacial score (nSPS) is 23.8. The summed E-state index contributed by atoms with van der Waals surface area (Å²) in [6.45, 7) is 6.05. The lowest BCUT2D eigenvalue weighted by Gasteiger charge is -2.30. The number of ketones is 3. The van der Waals surface area contributed by atoms with E-state index in [2.05, 4.69) is 0 Å². The molecule has 1 aliphatic carbocycles. The van der Waals surface area contributed by atoms with Crippen molar-refractivity contribution >= 4 is 28.5 Å². The number of hydrogen-bond acceptors (Lipinski definition) is 5. The molecule has 0 radical (unpaired) electrons. The van der Waals surface area contributed by atoms with Gasteiger partial charge in [-0.15, -0.1) is 0 Å². The van der Waals surface area contributed by atoms with Crippen molar-refractivity contribution < 1.29 is 23.7 Å². The van der Waals surface area contributed by atoms with E-state index in [-0.39, 0.29) is 30.5 Å². The monoisotopic (exact) mass is 376 g/mol. The summed E-state index contributed by atoms with van der Waals surface area (Å²) in [6.07, 6.45) is 1.49. The minimum Gasteiger partial charge on any atom is -0.611 e. The minimum atomic E-state index is -1.18. The summed E-state index contributed by atoms with van der Waals surface area (Å²) < 4.78 is 18.4. The molecule has 1 aromatic carbocycles. The highest BCUT2D eigenvalue weighted by Gasteiger charge is 2.40. The van der Waals surface area contributed by atoms with E-state index in [1.54, 1.807) is 13.0 Å². The second kappa shape index (κ2) is 7.62. The van der Waals surface area contributed by atoms with Crippen LogP contribution >= 0.6 is 0 Å². The maximum absolute atomic E-state index is 13.1. The molecule has 2 aliphatic rings. The molecule has 0 N–H and O–H groups in total. The summed E-state index contributed by atoms with van der Waals surface area (Å²) in [5.74, 6) is -1.64. The van der Waals surface area contributed by atoms with Gasteiger partial charge >= 0.3 is 0 Å². The van der Waals surface area contributed by atoms with Gasteiger partial charge in [0.2, 0.25) is 0 Å². The summed E-state index contributed by atoms with van der Waals surface area (Å²) in [7, 11) is 0. The van der Waals surface area contributed by atoms with Crippen molar-refractivity contribution in [3.8, 4) is 0 Å². The second-order valence-corrected chi connectivity index (χ2v) is 8.48. The Labute approximate surface area is 156 Å². The first kappa shape index (κ1) is 19.3. The summed E-state index contributed by atoms with van der Waals surface area (Å²) in [5, 5.41) is 0. The number of fused-ring (bicyclic) bond motifs is 1. The number of Topliss-reactive ketones (excluding diaryl/α,β-unsaturated/α-hetero) is 3. The third kappa shape index (κ3) is 3.26. The Morgan fingerprint density at radius 3 is 2.54 bits per heavy atom. The largest absolute Gasteiger partial charge is 0.611 e. The van der Waals surface area contributed by atoms with Crippen molar-refractivity contribution in [2.24, 2.45) is 5.92 Å². The maximum atomic E-state index is 13.1. The molecule has 1 heterocycles. The third-order valence-electron chi connectivity index (χ3n) is 5.27. The Balaban J connectivity index is 2.10. The Morgan fingerprint density at radius 1 is 1.27 bits per heavy atom. The summed E-state index contributed by atoms with van der Waals surface area (Å²) in [6, 6.07) is 1.69. The van der Waals surface area contributed by atoms with Gasteiger partial charge in [-0.3, -0.25) is 14.4 Å². The molecule has 0 saturated heterocycles. The van der Waals surface area contributed by atoms with Crippen LogP contribution in [0, 0.1) is 19.8 Å². The van der Waals surface area contributed by atoms with Crippen molar-refractivity contribution in [3.63, 3.8) is 0 Å². The number of aryl methyl sites for hydroxylation is 1. The van der Waals surface area contributed by atoms with Crippen LogP contribution in [0.5, 0.6) is 0 Å². The zero-order chi connectivity index (χ0) is 19.0. The Kier molecular flexibility index (Phi) is 5.65. The SMILES string of the molecule is CCOC1CC[S+]([O-])c2c(C)cc(C(=O)C3C(=O)CCCC3=O)c(C)c21. The first-order chi connectivity index (χ1) is 12.4. The molecule has 1 fully saturated rings. The van der Waals surface area contributed by atoms with Crippen LogP contribution in [0.15, 0.2) is 11.0 Å². The topological polar surface area (TPSA) is 83.5 Å². The molecular formula is C20H24O5S. The van der Waals surface area contributed by atoms with E-state index in [0.29, 0.717) is 36.3 Å². The van der Waals surface area contributed by atoms with Gasteiger partial charge in [-0.05, 0) is 50.0 Å². The molecule has 0 aromatic heterocycles. The summed E-state index contributed by atoms with van der Waals surface area (Å²) in [5.41, 5.74) is 2.63. The highest BCUT2D eigenvalue weighted by Crippen LogP contribution is 2.40. The predicted molar refractivity (Wildman–Crippen MR) is 97.9 cm³/mol. The van der Waals surface area contributed by atoms with Gasteiger partial charge in [0, 0.05) is 42.6 Å². The van der Waals surface area contributed by atoms with Crippen LogP contribution in [0.3, 0.4) is 0 Å². The molecule has 1 aromatic rings.